The molecule has 25 heavy (non-hydrogen) atoms. The third-order valence-electron chi connectivity index (χ3n) is 4.25. The molecule has 1 aliphatic heterocycles. The maximum Gasteiger partial charge on any atom is 0.245 e. The molecule has 0 unspecified atom stereocenters. The first-order chi connectivity index (χ1) is 12.1. The first-order valence-electron chi connectivity index (χ1n) is 8.26. The minimum atomic E-state index is -0.434. The Labute approximate surface area is 146 Å². The summed E-state index contributed by atoms with van der Waals surface area (Å²) in [6, 6.07) is 7.91. The Morgan fingerprint density at radius 3 is 2.72 bits per heavy atom. The highest BCUT2D eigenvalue weighted by Crippen LogP contribution is 2.29. The third kappa shape index (κ3) is 4.02. The van der Waals surface area contributed by atoms with Crippen molar-refractivity contribution in [3.63, 3.8) is 0 Å². The smallest absolute Gasteiger partial charge is 0.245 e. The second-order valence-corrected chi connectivity index (χ2v) is 6.04. The van der Waals surface area contributed by atoms with E-state index in [1.807, 2.05) is 6.92 Å². The highest BCUT2D eigenvalue weighted by atomic mass is 19.1. The molecule has 0 bridgehead atoms. The number of aromatic nitrogens is 2. The third-order valence-corrected chi connectivity index (χ3v) is 4.25. The molecular formula is C19H20FN3O2. The van der Waals surface area contributed by atoms with Gasteiger partial charge in [0.05, 0.1) is 0 Å². The molecule has 1 aliphatic rings. The van der Waals surface area contributed by atoms with E-state index in [0.717, 1.165) is 18.5 Å². The number of amides is 1. The predicted octanol–water partition coefficient (Wildman–Crippen LogP) is 3.61. The highest BCUT2D eigenvalue weighted by molar-refractivity contribution is 5.87. The van der Waals surface area contributed by atoms with E-state index in [0.29, 0.717) is 24.8 Å². The van der Waals surface area contributed by atoms with E-state index in [9.17, 15) is 9.18 Å². The van der Waals surface area contributed by atoms with Gasteiger partial charge in [0, 0.05) is 30.8 Å². The molecule has 1 aromatic heterocycles. The molecule has 0 spiro atoms. The normalized spacial score (nSPS) is 15.0. The Morgan fingerprint density at radius 2 is 2.04 bits per heavy atom. The summed E-state index contributed by atoms with van der Waals surface area (Å²) < 4.78 is 19.4. The summed E-state index contributed by atoms with van der Waals surface area (Å²) in [5.41, 5.74) is 0.765. The monoisotopic (exact) mass is 341 g/mol. The van der Waals surface area contributed by atoms with Crippen molar-refractivity contribution >= 4 is 5.91 Å². The quantitative estimate of drug-likeness (QED) is 0.797. The topological polar surface area (TPSA) is 55.3 Å². The van der Waals surface area contributed by atoms with Crippen LogP contribution in [0.1, 0.15) is 30.3 Å². The van der Waals surface area contributed by atoms with Crippen LogP contribution in [0.25, 0.3) is 0 Å². The number of likely N-dealkylation sites (tertiary alicyclic amines) is 1. The number of piperidine rings is 1. The Balaban J connectivity index is 1.75. The number of aryl methyl sites for hydroxylation is 1. The largest absolute Gasteiger partial charge is 0.436 e. The van der Waals surface area contributed by atoms with Gasteiger partial charge in [0.15, 0.2) is 11.6 Å². The maximum absolute atomic E-state index is 13.8. The summed E-state index contributed by atoms with van der Waals surface area (Å²) >= 11 is 0. The van der Waals surface area contributed by atoms with Gasteiger partial charge in [-0.3, -0.25) is 4.79 Å². The fraction of sp³-hybridized carbons (Fsp3) is 0.316. The van der Waals surface area contributed by atoms with E-state index in [4.69, 9.17) is 4.74 Å². The lowest BCUT2D eigenvalue weighted by molar-refractivity contribution is -0.127. The van der Waals surface area contributed by atoms with Crippen molar-refractivity contribution in [2.24, 2.45) is 0 Å². The van der Waals surface area contributed by atoms with Gasteiger partial charge in [-0.1, -0.05) is 18.7 Å². The second kappa shape index (κ2) is 7.42. The second-order valence-electron chi connectivity index (χ2n) is 6.04. The lowest BCUT2D eigenvalue weighted by atomic mass is 9.96. The Morgan fingerprint density at radius 1 is 1.32 bits per heavy atom. The number of hydrogen-bond donors (Lipinski definition) is 0. The predicted molar refractivity (Wildman–Crippen MR) is 92.0 cm³/mol. The SMILES string of the molecule is C=CC(=O)N1CCC(c2nc(C)cc(Oc3ccccc3F)n2)CC1. The summed E-state index contributed by atoms with van der Waals surface area (Å²) in [6.07, 6.45) is 2.90. The van der Waals surface area contributed by atoms with Crippen LogP contribution < -0.4 is 4.74 Å². The number of benzene rings is 1. The van der Waals surface area contributed by atoms with Gasteiger partial charge in [0.2, 0.25) is 11.8 Å². The van der Waals surface area contributed by atoms with Crippen LogP contribution in [0, 0.1) is 12.7 Å². The standard InChI is InChI=1S/C19H20FN3O2/c1-3-18(24)23-10-8-14(9-11-23)19-21-13(2)12-17(22-19)25-16-7-5-4-6-15(16)20/h3-7,12,14H,1,8-11H2,2H3. The molecule has 1 saturated heterocycles. The van der Waals surface area contributed by atoms with Crippen LogP contribution in [0.2, 0.25) is 0 Å². The van der Waals surface area contributed by atoms with Crippen molar-refractivity contribution < 1.29 is 13.9 Å². The first kappa shape index (κ1) is 17.1. The number of hydrogen-bond acceptors (Lipinski definition) is 4. The van der Waals surface area contributed by atoms with Gasteiger partial charge >= 0.3 is 0 Å². The van der Waals surface area contributed by atoms with E-state index in [2.05, 4.69) is 16.5 Å². The molecule has 6 heteroatoms. The molecule has 130 valence electrons. The van der Waals surface area contributed by atoms with Gasteiger partial charge in [-0.2, -0.15) is 4.98 Å². The summed E-state index contributed by atoms with van der Waals surface area (Å²) in [5, 5.41) is 0. The van der Waals surface area contributed by atoms with Gasteiger partial charge in [-0.15, -0.1) is 0 Å². The van der Waals surface area contributed by atoms with Crippen LogP contribution in [0.3, 0.4) is 0 Å². The minimum absolute atomic E-state index is 0.0489. The number of rotatable bonds is 4. The number of carbonyl (C=O) groups excluding carboxylic acids is 1. The number of carbonyl (C=O) groups is 1. The molecule has 1 aromatic carbocycles. The summed E-state index contributed by atoms with van der Waals surface area (Å²) in [4.78, 5) is 22.4. The van der Waals surface area contributed by atoms with Crippen molar-refractivity contribution in [3.05, 3.63) is 60.3 Å². The van der Waals surface area contributed by atoms with Crippen molar-refractivity contribution in [1.82, 2.24) is 14.9 Å². The molecule has 2 aromatic rings. The molecule has 2 heterocycles. The lowest BCUT2D eigenvalue weighted by Crippen LogP contribution is -2.37. The minimum Gasteiger partial charge on any atom is -0.436 e. The van der Waals surface area contributed by atoms with E-state index in [1.54, 1.807) is 29.2 Å². The van der Waals surface area contributed by atoms with Crippen LogP contribution in [-0.2, 0) is 4.79 Å². The molecule has 0 aliphatic carbocycles. The molecule has 0 N–H and O–H groups in total. The van der Waals surface area contributed by atoms with E-state index in [-0.39, 0.29) is 17.6 Å². The first-order valence-corrected chi connectivity index (χ1v) is 8.26. The molecule has 0 radical (unpaired) electrons. The Kier molecular flexibility index (Phi) is 5.07. The maximum atomic E-state index is 13.8. The van der Waals surface area contributed by atoms with E-state index < -0.39 is 5.82 Å². The van der Waals surface area contributed by atoms with Crippen LogP contribution in [0.4, 0.5) is 4.39 Å². The van der Waals surface area contributed by atoms with Crippen LogP contribution in [0.15, 0.2) is 43.0 Å². The summed E-state index contributed by atoms with van der Waals surface area (Å²) in [5.74, 6) is 0.813. The van der Waals surface area contributed by atoms with E-state index in [1.165, 1.54) is 12.1 Å². The highest BCUT2D eigenvalue weighted by Gasteiger charge is 2.25. The van der Waals surface area contributed by atoms with Crippen molar-refractivity contribution in [3.8, 4) is 11.6 Å². The number of halogens is 1. The van der Waals surface area contributed by atoms with Gasteiger partial charge in [-0.25, -0.2) is 9.37 Å². The molecule has 0 atom stereocenters. The molecule has 5 nitrogen and oxygen atoms in total. The number of ether oxygens (including phenoxy) is 1. The molecule has 0 saturated carbocycles. The van der Waals surface area contributed by atoms with Gasteiger partial charge in [0.25, 0.3) is 0 Å². The van der Waals surface area contributed by atoms with Crippen LogP contribution in [0.5, 0.6) is 11.6 Å². The van der Waals surface area contributed by atoms with Crippen LogP contribution in [-0.4, -0.2) is 33.9 Å². The molecule has 3 rings (SSSR count). The summed E-state index contributed by atoms with van der Waals surface area (Å²) in [6.45, 7) is 6.68. The Hall–Kier alpha value is -2.76. The zero-order valence-electron chi connectivity index (χ0n) is 14.1. The van der Waals surface area contributed by atoms with Crippen molar-refractivity contribution in [2.45, 2.75) is 25.7 Å². The zero-order valence-corrected chi connectivity index (χ0v) is 14.1. The fourth-order valence-electron chi connectivity index (χ4n) is 2.92. The fourth-order valence-corrected chi connectivity index (χ4v) is 2.92. The molecule has 1 fully saturated rings. The molecular weight excluding hydrogens is 321 g/mol. The van der Waals surface area contributed by atoms with E-state index >= 15 is 0 Å². The summed E-state index contributed by atoms with van der Waals surface area (Å²) in [7, 11) is 0. The van der Waals surface area contributed by atoms with Gasteiger partial charge in [0.1, 0.15) is 5.82 Å². The van der Waals surface area contributed by atoms with Crippen molar-refractivity contribution in [2.75, 3.05) is 13.1 Å². The van der Waals surface area contributed by atoms with Gasteiger partial charge < -0.3 is 9.64 Å². The van der Waals surface area contributed by atoms with Crippen molar-refractivity contribution in [1.29, 1.82) is 0 Å². The van der Waals surface area contributed by atoms with Crippen LogP contribution >= 0.6 is 0 Å². The average Bonchev–Trinajstić information content (AvgIpc) is 2.62. The lowest BCUT2D eigenvalue weighted by Gasteiger charge is -2.30. The Bertz CT molecular complexity index is 786. The zero-order chi connectivity index (χ0) is 17.8. The average molecular weight is 341 g/mol. The molecule has 1 amide bonds. The number of para-hydroxylation sites is 1. The number of nitrogens with zero attached hydrogens (tertiary/aromatic N) is 3. The van der Waals surface area contributed by atoms with Gasteiger partial charge in [-0.05, 0) is 38.0 Å².